The summed E-state index contributed by atoms with van der Waals surface area (Å²) in [6.45, 7) is 1.98. The molecule has 6 heteroatoms. The van der Waals surface area contributed by atoms with Crippen LogP contribution in [0.15, 0.2) is 30.5 Å². The van der Waals surface area contributed by atoms with Crippen molar-refractivity contribution < 1.29 is 18.4 Å². The molecule has 2 rings (SSSR count). The van der Waals surface area contributed by atoms with Crippen LogP contribution < -0.4 is 0 Å². The summed E-state index contributed by atoms with van der Waals surface area (Å²) in [7, 11) is -0.691. The van der Waals surface area contributed by atoms with E-state index in [2.05, 4.69) is 4.98 Å². The molecule has 0 saturated carbocycles. The number of hydrogen-bond acceptors (Lipinski definition) is 4. The van der Waals surface area contributed by atoms with E-state index in [1.165, 1.54) is 14.2 Å². The largest absolute Gasteiger partial charge is 0.361 e. The molecule has 2 aromatic rings. The van der Waals surface area contributed by atoms with Crippen LogP contribution in [-0.2, 0) is 18.4 Å². The van der Waals surface area contributed by atoms with Crippen LogP contribution in [0.25, 0.3) is 10.9 Å². The number of Topliss-reactive ketones (excluding diaryl/α,β-unsaturated/α-hetero) is 1. The first-order valence-corrected chi connectivity index (χ1v) is 8.50. The zero-order chi connectivity index (χ0) is 15.5. The van der Waals surface area contributed by atoms with Crippen LogP contribution in [-0.4, -0.2) is 31.1 Å². The smallest absolute Gasteiger partial charge is 0.337 e. The van der Waals surface area contributed by atoms with Crippen molar-refractivity contribution in [1.29, 1.82) is 0 Å². The summed E-state index contributed by atoms with van der Waals surface area (Å²) >= 11 is 0. The first-order valence-electron chi connectivity index (χ1n) is 6.77. The molecule has 21 heavy (non-hydrogen) atoms. The maximum atomic E-state index is 12.1. The predicted molar refractivity (Wildman–Crippen MR) is 82.8 cm³/mol. The molecule has 0 aliphatic rings. The Kier molecular flexibility index (Phi) is 4.99. The Balaban J connectivity index is 2.09. The normalized spacial score (nSPS) is 13.5. The van der Waals surface area contributed by atoms with Gasteiger partial charge in [-0.1, -0.05) is 25.1 Å². The molecule has 114 valence electrons. The SMILES string of the molecule is COP(=O)(CC(=O)CC(C)c1c[nH]c2ccccc12)OC. The summed E-state index contributed by atoms with van der Waals surface area (Å²) in [5.41, 5.74) is 2.13. The van der Waals surface area contributed by atoms with Crippen molar-refractivity contribution >= 4 is 24.3 Å². The summed E-state index contributed by atoms with van der Waals surface area (Å²) in [6, 6.07) is 7.96. The van der Waals surface area contributed by atoms with Crippen molar-refractivity contribution in [2.45, 2.75) is 19.3 Å². The number of hydrogen-bond donors (Lipinski definition) is 1. The maximum Gasteiger partial charge on any atom is 0.337 e. The number of nitrogens with one attached hydrogen (secondary N) is 1. The number of para-hydroxylation sites is 1. The molecule has 0 aliphatic carbocycles. The van der Waals surface area contributed by atoms with Crippen LogP contribution in [0, 0.1) is 0 Å². The molecule has 1 atom stereocenters. The van der Waals surface area contributed by atoms with Gasteiger partial charge in [-0.15, -0.1) is 0 Å². The molecule has 1 N–H and O–H groups in total. The predicted octanol–water partition coefficient (Wildman–Crippen LogP) is 3.72. The van der Waals surface area contributed by atoms with E-state index >= 15 is 0 Å². The van der Waals surface area contributed by atoms with E-state index in [1.54, 1.807) is 0 Å². The van der Waals surface area contributed by atoms with Crippen LogP contribution in [0.1, 0.15) is 24.8 Å². The lowest BCUT2D eigenvalue weighted by molar-refractivity contribution is -0.117. The molecular formula is C15H20NO4P. The zero-order valence-electron chi connectivity index (χ0n) is 12.5. The molecule has 0 radical (unpaired) electrons. The molecule has 1 unspecified atom stereocenters. The lowest BCUT2D eigenvalue weighted by atomic mass is 9.96. The van der Waals surface area contributed by atoms with E-state index in [-0.39, 0.29) is 17.9 Å². The number of carbonyl (C=O) groups is 1. The number of carbonyl (C=O) groups excluding carboxylic acids is 1. The molecule has 0 spiro atoms. The number of aromatic nitrogens is 1. The number of H-pyrrole nitrogens is 1. The van der Waals surface area contributed by atoms with Crippen LogP contribution in [0.2, 0.25) is 0 Å². The van der Waals surface area contributed by atoms with Crippen molar-refractivity contribution in [3.63, 3.8) is 0 Å². The van der Waals surface area contributed by atoms with Crippen LogP contribution >= 0.6 is 7.60 Å². The van der Waals surface area contributed by atoms with E-state index in [1.807, 2.05) is 37.4 Å². The standard InChI is InChI=1S/C15H20NO4P/c1-11(8-12(17)10-21(18,19-2)20-3)14-9-16-15-7-5-4-6-13(14)15/h4-7,9,11,16H,8,10H2,1-3H3. The quantitative estimate of drug-likeness (QED) is 0.792. The Morgan fingerprint density at radius 1 is 1.29 bits per heavy atom. The molecule has 1 heterocycles. The highest BCUT2D eigenvalue weighted by molar-refractivity contribution is 7.54. The van der Waals surface area contributed by atoms with Gasteiger partial charge in [-0.25, -0.2) is 0 Å². The first-order chi connectivity index (χ1) is 9.99. The van der Waals surface area contributed by atoms with Gasteiger partial charge < -0.3 is 14.0 Å². The van der Waals surface area contributed by atoms with Crippen LogP contribution in [0.5, 0.6) is 0 Å². The second-order valence-corrected chi connectivity index (χ2v) is 7.34. The Bertz CT molecular complexity index is 671. The van der Waals surface area contributed by atoms with Crippen LogP contribution in [0.3, 0.4) is 0 Å². The van der Waals surface area contributed by atoms with Gasteiger partial charge in [0.2, 0.25) is 0 Å². The highest BCUT2D eigenvalue weighted by atomic mass is 31.2. The average Bonchev–Trinajstić information content (AvgIpc) is 2.91. The van der Waals surface area contributed by atoms with Crippen molar-refractivity contribution in [3.8, 4) is 0 Å². The fourth-order valence-corrected chi connectivity index (χ4v) is 3.41. The monoisotopic (exact) mass is 309 g/mol. The van der Waals surface area contributed by atoms with Gasteiger partial charge in [0.05, 0.1) is 0 Å². The van der Waals surface area contributed by atoms with Gasteiger partial charge in [-0.2, -0.15) is 0 Å². The maximum absolute atomic E-state index is 12.1. The molecule has 0 bridgehead atoms. The number of benzene rings is 1. The lowest BCUT2D eigenvalue weighted by Crippen LogP contribution is -2.11. The minimum absolute atomic E-state index is 0.0378. The summed E-state index contributed by atoms with van der Waals surface area (Å²) in [4.78, 5) is 15.3. The average molecular weight is 309 g/mol. The third-order valence-corrected chi connectivity index (χ3v) is 5.47. The summed E-state index contributed by atoms with van der Waals surface area (Å²) in [5.74, 6) is -0.0874. The Morgan fingerprint density at radius 2 is 1.95 bits per heavy atom. The third-order valence-electron chi connectivity index (χ3n) is 3.61. The molecule has 0 aliphatic heterocycles. The van der Waals surface area contributed by atoms with Crippen molar-refractivity contribution in [2.75, 3.05) is 20.4 Å². The van der Waals surface area contributed by atoms with Crippen molar-refractivity contribution in [3.05, 3.63) is 36.0 Å². The molecule has 0 saturated heterocycles. The van der Waals surface area contributed by atoms with Gasteiger partial charge in [-0.05, 0) is 17.5 Å². The van der Waals surface area contributed by atoms with Gasteiger partial charge in [-0.3, -0.25) is 9.36 Å². The van der Waals surface area contributed by atoms with Gasteiger partial charge in [0.1, 0.15) is 11.9 Å². The second kappa shape index (κ2) is 6.56. The summed E-state index contributed by atoms with van der Waals surface area (Å²) in [5, 5.41) is 1.11. The number of ketones is 1. The van der Waals surface area contributed by atoms with E-state index in [4.69, 9.17) is 9.05 Å². The van der Waals surface area contributed by atoms with Gasteiger partial charge in [0.25, 0.3) is 0 Å². The van der Waals surface area contributed by atoms with Gasteiger partial charge >= 0.3 is 7.60 Å². The lowest BCUT2D eigenvalue weighted by Gasteiger charge is -2.14. The fraction of sp³-hybridized carbons (Fsp3) is 0.400. The molecular weight excluding hydrogens is 289 g/mol. The minimum Gasteiger partial charge on any atom is -0.361 e. The van der Waals surface area contributed by atoms with E-state index < -0.39 is 7.60 Å². The second-order valence-electron chi connectivity index (χ2n) is 5.07. The minimum atomic E-state index is -3.28. The Morgan fingerprint density at radius 3 is 2.62 bits per heavy atom. The third kappa shape index (κ3) is 3.62. The number of fused-ring (bicyclic) bond motifs is 1. The molecule has 1 aromatic heterocycles. The van der Waals surface area contributed by atoms with E-state index in [0.717, 1.165) is 16.5 Å². The summed E-state index contributed by atoms with van der Waals surface area (Å²) in [6.07, 6.45) is 2.04. The fourth-order valence-electron chi connectivity index (χ4n) is 2.44. The molecule has 0 amide bonds. The van der Waals surface area contributed by atoms with E-state index in [9.17, 15) is 9.36 Å². The van der Waals surface area contributed by atoms with Gasteiger partial charge in [0, 0.05) is 37.7 Å². The van der Waals surface area contributed by atoms with Crippen molar-refractivity contribution in [1.82, 2.24) is 4.98 Å². The first kappa shape index (κ1) is 16.0. The molecule has 0 fully saturated rings. The Labute approximate surface area is 124 Å². The Hall–Kier alpha value is -1.42. The zero-order valence-corrected chi connectivity index (χ0v) is 13.4. The number of rotatable bonds is 7. The van der Waals surface area contributed by atoms with Crippen molar-refractivity contribution in [2.24, 2.45) is 0 Å². The molecule has 5 nitrogen and oxygen atoms in total. The number of aromatic amines is 1. The molecule has 1 aromatic carbocycles. The topological polar surface area (TPSA) is 68.4 Å². The highest BCUT2D eigenvalue weighted by Crippen LogP contribution is 2.46. The highest BCUT2D eigenvalue weighted by Gasteiger charge is 2.26. The van der Waals surface area contributed by atoms with E-state index in [0.29, 0.717) is 6.42 Å². The van der Waals surface area contributed by atoms with Gasteiger partial charge in [0.15, 0.2) is 0 Å². The summed E-state index contributed by atoms with van der Waals surface area (Å²) < 4.78 is 21.6. The van der Waals surface area contributed by atoms with Crippen LogP contribution in [0.4, 0.5) is 0 Å².